The molecule has 0 unspecified atom stereocenters. The minimum Gasteiger partial charge on any atom is -0.326 e. The summed E-state index contributed by atoms with van der Waals surface area (Å²) < 4.78 is 50.1. The number of hydrogen-bond acceptors (Lipinski definition) is 3. The van der Waals surface area contributed by atoms with Gasteiger partial charge in [-0.2, -0.15) is 0 Å². The van der Waals surface area contributed by atoms with Gasteiger partial charge >= 0.3 is 0 Å². The number of carbonyl (C=O) groups excluding carboxylic acids is 1. The summed E-state index contributed by atoms with van der Waals surface area (Å²) in [5.74, 6) is -2.93. The zero-order chi connectivity index (χ0) is 17.2. The fourth-order valence-corrected chi connectivity index (χ4v) is 2.91. The predicted octanol–water partition coefficient (Wildman–Crippen LogP) is 2.86. The van der Waals surface area contributed by atoms with E-state index in [4.69, 9.17) is 0 Å². The summed E-state index contributed by atoms with van der Waals surface area (Å²) in [6, 6.07) is 8.83. The Kier molecular flexibility index (Phi) is 4.79. The van der Waals surface area contributed by atoms with Crippen LogP contribution >= 0.6 is 0 Å². The van der Waals surface area contributed by atoms with Crippen LogP contribution in [0.1, 0.15) is 11.1 Å². The van der Waals surface area contributed by atoms with Gasteiger partial charge in [0.1, 0.15) is 16.5 Å². The van der Waals surface area contributed by atoms with Crippen LogP contribution in [0.15, 0.2) is 41.3 Å². The summed E-state index contributed by atoms with van der Waals surface area (Å²) >= 11 is 0. The molecule has 0 saturated heterocycles. The fraction of sp³-hybridized carbons (Fsp3) is 0.188. The average Bonchev–Trinajstić information content (AvgIpc) is 2.38. The molecule has 0 aliphatic carbocycles. The van der Waals surface area contributed by atoms with Crippen molar-refractivity contribution >= 4 is 21.4 Å². The van der Waals surface area contributed by atoms with Gasteiger partial charge in [0.25, 0.3) is 0 Å². The number of sulfone groups is 1. The standard InChI is InChI=1S/C16H15F2NO3S/c1-10-3-5-11(6-4-10)7-15(20)19-12-8-13(17)16(14(18)9-12)23(2,21)22/h3-6,8-9H,7H2,1-2H3,(H,19,20). The third kappa shape index (κ3) is 4.35. The maximum absolute atomic E-state index is 13.8. The highest BCUT2D eigenvalue weighted by Crippen LogP contribution is 2.23. The maximum Gasteiger partial charge on any atom is 0.228 e. The molecular formula is C16H15F2NO3S. The van der Waals surface area contributed by atoms with Crippen molar-refractivity contribution in [1.29, 1.82) is 0 Å². The molecule has 0 saturated carbocycles. The fourth-order valence-electron chi connectivity index (χ4n) is 2.08. The molecule has 0 aliphatic heterocycles. The van der Waals surface area contributed by atoms with Crippen LogP contribution < -0.4 is 5.32 Å². The van der Waals surface area contributed by atoms with Crippen LogP contribution in [-0.4, -0.2) is 20.6 Å². The molecule has 1 N–H and O–H groups in total. The second-order valence-electron chi connectivity index (χ2n) is 5.25. The maximum atomic E-state index is 13.8. The molecule has 0 heterocycles. The van der Waals surface area contributed by atoms with Gasteiger partial charge in [0.15, 0.2) is 9.84 Å². The van der Waals surface area contributed by atoms with Gasteiger partial charge in [0, 0.05) is 11.9 Å². The van der Waals surface area contributed by atoms with Gasteiger partial charge in [-0.15, -0.1) is 0 Å². The smallest absolute Gasteiger partial charge is 0.228 e. The van der Waals surface area contributed by atoms with E-state index in [1.54, 1.807) is 12.1 Å². The molecule has 122 valence electrons. The Morgan fingerprint density at radius 2 is 1.61 bits per heavy atom. The lowest BCUT2D eigenvalue weighted by Crippen LogP contribution is -2.15. The Morgan fingerprint density at radius 1 is 1.09 bits per heavy atom. The minimum absolute atomic E-state index is 0.0390. The lowest BCUT2D eigenvalue weighted by molar-refractivity contribution is -0.115. The first kappa shape index (κ1) is 17.1. The third-order valence-electron chi connectivity index (χ3n) is 3.14. The normalized spacial score (nSPS) is 11.3. The van der Waals surface area contributed by atoms with E-state index in [0.29, 0.717) is 6.26 Å². The predicted molar refractivity (Wildman–Crippen MR) is 83.0 cm³/mol. The van der Waals surface area contributed by atoms with Gasteiger partial charge in [-0.3, -0.25) is 4.79 Å². The zero-order valence-electron chi connectivity index (χ0n) is 12.6. The summed E-state index contributed by atoms with van der Waals surface area (Å²) in [6.07, 6.45) is 0.751. The largest absolute Gasteiger partial charge is 0.326 e. The number of amides is 1. The van der Waals surface area contributed by atoms with Crippen LogP contribution in [0.2, 0.25) is 0 Å². The Labute approximate surface area is 133 Å². The highest BCUT2D eigenvalue weighted by Gasteiger charge is 2.21. The molecule has 2 aromatic rings. The van der Waals surface area contributed by atoms with Gasteiger partial charge in [-0.25, -0.2) is 17.2 Å². The number of halogens is 2. The van der Waals surface area contributed by atoms with Gasteiger partial charge in [0.2, 0.25) is 5.91 Å². The topological polar surface area (TPSA) is 63.2 Å². The Morgan fingerprint density at radius 3 is 2.09 bits per heavy atom. The van der Waals surface area contributed by atoms with E-state index in [9.17, 15) is 22.0 Å². The van der Waals surface area contributed by atoms with Crippen LogP contribution in [0.25, 0.3) is 0 Å². The highest BCUT2D eigenvalue weighted by molar-refractivity contribution is 7.90. The summed E-state index contributed by atoms with van der Waals surface area (Å²) in [4.78, 5) is 10.9. The molecular weight excluding hydrogens is 324 g/mol. The van der Waals surface area contributed by atoms with Crippen molar-refractivity contribution < 1.29 is 22.0 Å². The Bertz CT molecular complexity index is 823. The quantitative estimate of drug-likeness (QED) is 0.932. The van der Waals surface area contributed by atoms with E-state index in [0.717, 1.165) is 23.3 Å². The molecule has 0 spiro atoms. The van der Waals surface area contributed by atoms with Gasteiger partial charge in [-0.05, 0) is 24.6 Å². The second-order valence-corrected chi connectivity index (χ2v) is 7.20. The van der Waals surface area contributed by atoms with Crippen molar-refractivity contribution in [2.75, 3.05) is 11.6 Å². The average molecular weight is 339 g/mol. The number of nitrogens with one attached hydrogen (secondary N) is 1. The van der Waals surface area contributed by atoms with Crippen molar-refractivity contribution in [3.8, 4) is 0 Å². The van der Waals surface area contributed by atoms with Crippen molar-refractivity contribution in [1.82, 2.24) is 0 Å². The van der Waals surface area contributed by atoms with E-state index in [2.05, 4.69) is 5.32 Å². The van der Waals surface area contributed by atoms with Crippen LogP contribution in [0, 0.1) is 18.6 Å². The molecule has 1 amide bonds. The lowest BCUT2D eigenvalue weighted by Gasteiger charge is -2.09. The van der Waals surface area contributed by atoms with Crippen molar-refractivity contribution in [2.45, 2.75) is 18.2 Å². The molecule has 0 bridgehead atoms. The minimum atomic E-state index is -4.02. The second kappa shape index (κ2) is 6.45. The Balaban J connectivity index is 2.17. The van der Waals surface area contributed by atoms with Crippen LogP contribution in [0.5, 0.6) is 0 Å². The summed E-state index contributed by atoms with van der Waals surface area (Å²) in [7, 11) is -4.02. The van der Waals surface area contributed by atoms with E-state index in [1.807, 2.05) is 19.1 Å². The molecule has 7 heteroatoms. The van der Waals surface area contributed by atoms with E-state index < -0.39 is 32.3 Å². The van der Waals surface area contributed by atoms with E-state index >= 15 is 0 Å². The summed E-state index contributed by atoms with van der Waals surface area (Å²) in [5.41, 5.74) is 1.67. The zero-order valence-corrected chi connectivity index (χ0v) is 13.4. The molecule has 2 aromatic carbocycles. The molecule has 2 rings (SSSR count). The van der Waals surface area contributed by atoms with Gasteiger partial charge in [-0.1, -0.05) is 29.8 Å². The number of benzene rings is 2. The first-order chi connectivity index (χ1) is 10.7. The third-order valence-corrected chi connectivity index (χ3v) is 4.27. The van der Waals surface area contributed by atoms with Crippen LogP contribution in [0.4, 0.5) is 14.5 Å². The van der Waals surface area contributed by atoms with Crippen molar-refractivity contribution in [3.63, 3.8) is 0 Å². The number of anilines is 1. The molecule has 0 atom stereocenters. The molecule has 4 nitrogen and oxygen atoms in total. The molecule has 0 radical (unpaired) electrons. The first-order valence-corrected chi connectivity index (χ1v) is 8.60. The lowest BCUT2D eigenvalue weighted by atomic mass is 10.1. The van der Waals surface area contributed by atoms with Gasteiger partial charge in [0.05, 0.1) is 6.42 Å². The molecule has 23 heavy (non-hydrogen) atoms. The van der Waals surface area contributed by atoms with E-state index in [1.165, 1.54) is 0 Å². The van der Waals surface area contributed by atoms with Crippen LogP contribution in [-0.2, 0) is 21.1 Å². The van der Waals surface area contributed by atoms with Gasteiger partial charge < -0.3 is 5.32 Å². The number of rotatable bonds is 4. The van der Waals surface area contributed by atoms with Crippen LogP contribution in [0.3, 0.4) is 0 Å². The Hall–Kier alpha value is -2.28. The molecule has 0 aromatic heterocycles. The van der Waals surface area contributed by atoms with Crippen molar-refractivity contribution in [2.24, 2.45) is 0 Å². The summed E-state index contributed by atoms with van der Waals surface area (Å²) in [6.45, 7) is 1.92. The first-order valence-electron chi connectivity index (χ1n) is 6.71. The molecule has 0 aliphatic rings. The molecule has 0 fully saturated rings. The number of hydrogen-bond donors (Lipinski definition) is 1. The van der Waals surface area contributed by atoms with Crippen molar-refractivity contribution in [3.05, 3.63) is 59.2 Å². The van der Waals surface area contributed by atoms with E-state index in [-0.39, 0.29) is 12.1 Å². The number of carbonyl (C=O) groups is 1. The monoisotopic (exact) mass is 339 g/mol. The SMILES string of the molecule is Cc1ccc(CC(=O)Nc2cc(F)c(S(C)(=O)=O)c(F)c2)cc1. The summed E-state index contributed by atoms with van der Waals surface area (Å²) in [5, 5.41) is 2.35. The number of aryl methyl sites for hydroxylation is 1. The highest BCUT2D eigenvalue weighted by atomic mass is 32.2.